The molecule has 1 rings (SSSR count). The van der Waals surface area contributed by atoms with Crippen LogP contribution in [0.15, 0.2) is 24.5 Å². The Balaban J connectivity index is 0. The van der Waals surface area contributed by atoms with Crippen molar-refractivity contribution in [1.82, 2.24) is 0 Å². The number of halogens is 2. The molecular weight excluding hydrogens is 232 g/mol. The van der Waals surface area contributed by atoms with Gasteiger partial charge in [-0.15, -0.1) is 0 Å². The Hall–Kier alpha value is 0.262. The number of pyridine rings is 1. The Labute approximate surface area is 106 Å². The minimum Gasteiger partial charge on any atom is -1.00 e. The summed E-state index contributed by atoms with van der Waals surface area (Å²) in [5.74, 6) is 0. The molecule has 0 saturated carbocycles. The van der Waals surface area contributed by atoms with Crippen molar-refractivity contribution in [3.63, 3.8) is 0 Å². The molecule has 1 aromatic heterocycles. The van der Waals surface area contributed by atoms with Gasteiger partial charge in [0, 0.05) is 18.1 Å². The lowest BCUT2D eigenvalue weighted by atomic mass is 10.3. The molecule has 0 bridgehead atoms. The van der Waals surface area contributed by atoms with Gasteiger partial charge in [0.05, 0.1) is 0 Å². The predicted octanol–water partition coefficient (Wildman–Crippen LogP) is -1.14. The van der Waals surface area contributed by atoms with Gasteiger partial charge in [-0.05, 0) is 13.0 Å². The molecule has 4 heteroatoms. The lowest BCUT2D eigenvalue weighted by Gasteiger charge is -1.94. The summed E-state index contributed by atoms with van der Waals surface area (Å²) in [6.45, 7) is 5.50. The Bertz CT molecular complexity index is 231. The van der Waals surface area contributed by atoms with Crippen molar-refractivity contribution < 1.29 is 17.0 Å². The van der Waals surface area contributed by atoms with Crippen LogP contribution in [0.5, 0.6) is 0 Å². The van der Waals surface area contributed by atoms with Crippen LogP contribution >= 0.6 is 10.0 Å². The van der Waals surface area contributed by atoms with E-state index in [1.54, 1.807) is 0 Å². The Morgan fingerprint density at radius 3 is 2.57 bits per heavy atom. The number of hydrogen-bond acceptors (Lipinski definition) is 0. The number of aryl methyl sites for hydroxylation is 2. The summed E-state index contributed by atoms with van der Waals surface area (Å²) < 4.78 is 2.25. The van der Waals surface area contributed by atoms with E-state index in [1.807, 2.05) is 0 Å². The molecular formula is C10H18AlCl2N. The summed E-state index contributed by atoms with van der Waals surface area (Å²) in [6, 6.07) is 4.23. The van der Waals surface area contributed by atoms with Crippen LogP contribution in [0.25, 0.3) is 0 Å². The number of rotatable bonds is 3. The highest BCUT2D eigenvalue weighted by molar-refractivity contribution is 6.80. The molecule has 0 aliphatic carbocycles. The molecule has 0 aliphatic rings. The first-order valence-corrected chi connectivity index (χ1v) is 7.69. The highest BCUT2D eigenvalue weighted by Gasteiger charge is 1.97. The van der Waals surface area contributed by atoms with Crippen molar-refractivity contribution in [2.45, 2.75) is 33.2 Å². The van der Waals surface area contributed by atoms with Crippen LogP contribution in [0.4, 0.5) is 0 Å². The molecule has 0 atom stereocenters. The standard InChI is InChI=1S/C10H16N.Al.2ClH.2H/c1-3-4-7-11-8-5-6-10(2)9-11;;;;;/h5-6,8-9H,3-4,7H2,1-2H3;;2*1H;;/q2*+1;;;;/p-2. The van der Waals surface area contributed by atoms with Crippen molar-refractivity contribution in [3.05, 3.63) is 30.1 Å². The molecule has 0 aromatic carbocycles. The average Bonchev–Trinajstić information content (AvgIpc) is 2.18. The summed E-state index contributed by atoms with van der Waals surface area (Å²) in [7, 11) is 4.78. The molecule has 0 N–H and O–H groups in total. The summed E-state index contributed by atoms with van der Waals surface area (Å²) in [4.78, 5) is 0. The summed E-state index contributed by atoms with van der Waals surface area (Å²) in [6.07, 6.45) is 6.85. The smallest absolute Gasteiger partial charge is 0.353 e. The van der Waals surface area contributed by atoms with Crippen LogP contribution in [-0.4, -0.2) is 15.4 Å². The van der Waals surface area contributed by atoms with Gasteiger partial charge < -0.3 is 12.4 Å². The molecule has 1 heterocycles. The highest BCUT2D eigenvalue weighted by Crippen LogP contribution is 1.91. The van der Waals surface area contributed by atoms with E-state index in [1.165, 1.54) is 18.4 Å². The maximum absolute atomic E-state index is 4.78. The average molecular weight is 250 g/mol. The van der Waals surface area contributed by atoms with Crippen LogP contribution < -0.4 is 17.0 Å². The highest BCUT2D eigenvalue weighted by atomic mass is 35.6. The third-order valence-corrected chi connectivity index (χ3v) is 1.78. The fraction of sp³-hybridized carbons (Fsp3) is 0.500. The van der Waals surface area contributed by atoms with E-state index in [0.717, 1.165) is 21.9 Å². The maximum Gasteiger partial charge on any atom is 0.353 e. The van der Waals surface area contributed by atoms with Crippen LogP contribution in [0.1, 0.15) is 25.3 Å². The molecule has 0 spiro atoms. The Kier molecular flexibility index (Phi) is 13.5. The van der Waals surface area contributed by atoms with Crippen molar-refractivity contribution in [1.29, 1.82) is 0 Å². The molecule has 0 aliphatic heterocycles. The van der Waals surface area contributed by atoms with E-state index in [-0.39, 0.29) is 12.4 Å². The number of hydrogen-bond donors (Lipinski definition) is 0. The molecule has 1 aromatic rings. The molecule has 0 amide bonds. The number of aromatic nitrogens is 1. The molecule has 0 unspecified atom stereocenters. The summed E-state index contributed by atoms with van der Waals surface area (Å²) in [5.41, 5.74) is 1.34. The molecule has 1 nitrogen and oxygen atoms in total. The second kappa shape index (κ2) is 11.3. The van der Waals surface area contributed by atoms with Crippen LogP contribution in [-0.2, 0) is 6.54 Å². The fourth-order valence-electron chi connectivity index (χ4n) is 1.13. The number of nitrogens with zero attached hydrogens (tertiary/aromatic N) is 1. The van der Waals surface area contributed by atoms with Crippen LogP contribution in [0.2, 0.25) is 0 Å². The van der Waals surface area contributed by atoms with Crippen molar-refractivity contribution in [2.24, 2.45) is 0 Å². The van der Waals surface area contributed by atoms with Gasteiger partial charge in [-0.1, -0.05) is 13.3 Å². The second-order valence-corrected chi connectivity index (χ2v) is 2.97. The lowest BCUT2D eigenvalue weighted by molar-refractivity contribution is -0.697. The molecule has 0 fully saturated rings. The zero-order chi connectivity index (χ0) is 10.1. The normalized spacial score (nSPS) is 8.21. The lowest BCUT2D eigenvalue weighted by Crippen LogP contribution is -3.00. The number of unbranched alkanes of at least 4 members (excludes halogenated alkanes) is 1. The van der Waals surface area contributed by atoms with Gasteiger partial charge in [0.2, 0.25) is 0 Å². The van der Waals surface area contributed by atoms with E-state index in [2.05, 4.69) is 42.9 Å². The van der Waals surface area contributed by atoms with E-state index in [9.17, 15) is 0 Å². The fourth-order valence-corrected chi connectivity index (χ4v) is 1.13. The van der Waals surface area contributed by atoms with Gasteiger partial charge in [-0.25, -0.2) is 4.57 Å². The molecule has 80 valence electrons. The SMILES string of the molecule is CCCC[n+]1cccc(C)c1.[AlH2][Cl].[Cl-]. The maximum atomic E-state index is 4.78. The largest absolute Gasteiger partial charge is 1.00 e. The van der Waals surface area contributed by atoms with Crippen molar-refractivity contribution in [3.8, 4) is 0 Å². The van der Waals surface area contributed by atoms with Crippen molar-refractivity contribution >= 4 is 25.4 Å². The monoisotopic (exact) mass is 249 g/mol. The van der Waals surface area contributed by atoms with Gasteiger partial charge in [0.15, 0.2) is 12.4 Å². The van der Waals surface area contributed by atoms with Gasteiger partial charge >= 0.3 is 15.4 Å². The third kappa shape index (κ3) is 7.65. The minimum atomic E-state index is 0. The zero-order valence-corrected chi connectivity index (χ0v) is 12.6. The van der Waals surface area contributed by atoms with Gasteiger partial charge in [0.1, 0.15) is 6.54 Å². The van der Waals surface area contributed by atoms with Crippen molar-refractivity contribution in [2.75, 3.05) is 0 Å². The summed E-state index contributed by atoms with van der Waals surface area (Å²) in [5, 5.41) is 0. The van der Waals surface area contributed by atoms with E-state index < -0.39 is 0 Å². The van der Waals surface area contributed by atoms with E-state index in [0.29, 0.717) is 0 Å². The minimum absolute atomic E-state index is 0. The topological polar surface area (TPSA) is 3.88 Å². The van der Waals surface area contributed by atoms with Gasteiger partial charge in [0.25, 0.3) is 0 Å². The van der Waals surface area contributed by atoms with Crippen LogP contribution in [0.3, 0.4) is 0 Å². The zero-order valence-electron chi connectivity index (χ0n) is 9.13. The van der Waals surface area contributed by atoms with Gasteiger partial charge in [-0.2, -0.15) is 0 Å². The Morgan fingerprint density at radius 1 is 1.43 bits per heavy atom. The van der Waals surface area contributed by atoms with Crippen LogP contribution in [0, 0.1) is 6.92 Å². The summed E-state index contributed by atoms with van der Waals surface area (Å²) >= 11 is 0.778. The molecule has 0 saturated heterocycles. The van der Waals surface area contributed by atoms with E-state index >= 15 is 0 Å². The Morgan fingerprint density at radius 2 is 2.07 bits per heavy atom. The first kappa shape index (κ1) is 16.7. The predicted molar refractivity (Wildman–Crippen MR) is 60.7 cm³/mol. The van der Waals surface area contributed by atoms with E-state index in [4.69, 9.17) is 10.0 Å². The molecule has 0 radical (unpaired) electrons. The quantitative estimate of drug-likeness (QED) is 0.471. The second-order valence-electron chi connectivity index (χ2n) is 2.97. The third-order valence-electron chi connectivity index (χ3n) is 1.78. The van der Waals surface area contributed by atoms with Gasteiger partial charge in [-0.3, -0.25) is 10.0 Å². The first-order valence-electron chi connectivity index (χ1n) is 4.66. The first-order chi connectivity index (χ1) is 6.33. The molecule has 14 heavy (non-hydrogen) atoms.